The van der Waals surface area contributed by atoms with E-state index >= 15 is 0 Å². The zero-order valence-corrected chi connectivity index (χ0v) is 11.3. The molecule has 89 valence electrons. The van der Waals surface area contributed by atoms with Gasteiger partial charge in [0.1, 0.15) is 0 Å². The van der Waals surface area contributed by atoms with Crippen LogP contribution in [0.2, 0.25) is 0 Å². The third-order valence-electron chi connectivity index (χ3n) is 5.43. The fraction of sp³-hybridized carbons (Fsp3) is 1.00. The van der Waals surface area contributed by atoms with Crippen molar-refractivity contribution in [1.82, 2.24) is 0 Å². The zero-order valence-electron chi connectivity index (χ0n) is 10.4. The van der Waals surface area contributed by atoms with Gasteiger partial charge in [0.2, 0.25) is 0 Å². The Bertz CT molecular complexity index is 218. The van der Waals surface area contributed by atoms with Crippen LogP contribution < -0.4 is 0 Å². The van der Waals surface area contributed by atoms with Crippen LogP contribution in [0, 0.1) is 17.8 Å². The van der Waals surface area contributed by atoms with Gasteiger partial charge in [-0.2, -0.15) is 0 Å². The largest absolute Gasteiger partial charge is 0.412 e. The second-order valence-electron chi connectivity index (χ2n) is 7.15. The first-order chi connectivity index (χ1) is 6.48. The van der Waals surface area contributed by atoms with Crippen molar-refractivity contribution in [2.45, 2.75) is 43.7 Å². The molecular weight excluding hydrogens is 203 g/mol. The molecule has 4 aliphatic carbocycles. The summed E-state index contributed by atoms with van der Waals surface area (Å²) in [6.07, 6.45) is 9.61. The molecule has 0 heterocycles. The summed E-state index contributed by atoms with van der Waals surface area (Å²) in [6, 6.07) is 0. The molecule has 0 aliphatic heterocycles. The van der Waals surface area contributed by atoms with Gasteiger partial charge in [-0.3, -0.25) is 0 Å². The van der Waals surface area contributed by atoms with Gasteiger partial charge in [0.15, 0.2) is 0 Å². The first kappa shape index (κ1) is 11.9. The Morgan fingerprint density at radius 1 is 0.800 bits per heavy atom. The summed E-state index contributed by atoms with van der Waals surface area (Å²) < 4.78 is 0. The van der Waals surface area contributed by atoms with Gasteiger partial charge >= 0.3 is 0 Å². The molecule has 4 fully saturated rings. The number of hydrogen-bond acceptors (Lipinski definition) is 0. The maximum absolute atomic E-state index is 2.60. The summed E-state index contributed by atoms with van der Waals surface area (Å²) in [6.45, 7) is 7.79. The molecule has 0 saturated heterocycles. The summed E-state index contributed by atoms with van der Waals surface area (Å²) in [4.78, 5) is 0. The average Bonchev–Trinajstić information content (AvgIpc) is 1.98. The summed E-state index contributed by atoms with van der Waals surface area (Å²) in [5.41, 5.74) is 0. The third-order valence-corrected chi connectivity index (χ3v) is 8.82. The second-order valence-corrected chi connectivity index (χ2v) is 12.1. The molecule has 2 heteroatoms. The van der Waals surface area contributed by atoms with E-state index < -0.39 is 7.26 Å². The Hall–Kier alpha value is 0.390. The van der Waals surface area contributed by atoms with Crippen LogP contribution in [-0.2, 0) is 0 Å². The number of rotatable bonds is 1. The fourth-order valence-electron chi connectivity index (χ4n) is 4.89. The molecule has 4 rings (SSSR count). The summed E-state index contributed by atoms with van der Waals surface area (Å²) >= 11 is 0. The third kappa shape index (κ3) is 1.67. The Labute approximate surface area is 94.7 Å². The van der Waals surface area contributed by atoms with Crippen LogP contribution in [-0.4, -0.2) is 30.6 Å². The van der Waals surface area contributed by atoms with Gasteiger partial charge < -0.3 is 5.48 Å². The molecule has 4 saturated carbocycles. The lowest BCUT2D eigenvalue weighted by Gasteiger charge is -2.62. The van der Waals surface area contributed by atoms with E-state index in [-0.39, 0.29) is 5.48 Å². The van der Waals surface area contributed by atoms with E-state index in [1.165, 1.54) is 0 Å². The first-order valence-electron chi connectivity index (χ1n) is 6.30. The van der Waals surface area contributed by atoms with Crippen LogP contribution in [0.5, 0.6) is 0 Å². The van der Waals surface area contributed by atoms with Crippen molar-refractivity contribution in [2.24, 2.45) is 17.8 Å². The molecule has 2 N–H and O–H groups in total. The lowest BCUT2D eigenvalue weighted by molar-refractivity contribution is 0.0348. The highest BCUT2D eigenvalue weighted by Crippen LogP contribution is 2.73. The molecule has 1 nitrogen and oxygen atoms in total. The fourth-order valence-corrected chi connectivity index (χ4v) is 7.30. The quantitative estimate of drug-likeness (QED) is 0.619. The maximum Gasteiger partial charge on any atom is -0.0127 e. The van der Waals surface area contributed by atoms with Gasteiger partial charge in [-0.05, 0) is 81.4 Å². The van der Waals surface area contributed by atoms with E-state index in [1.807, 2.05) is 0 Å². The van der Waals surface area contributed by atoms with Gasteiger partial charge in [-0.25, -0.2) is 0 Å². The maximum atomic E-state index is 2.60. The molecule has 0 aromatic rings. The van der Waals surface area contributed by atoms with Crippen molar-refractivity contribution in [3.63, 3.8) is 0 Å². The standard InChI is InChI=1S/C13H24P.H2O/c1-14(2,3)13-7-10-4-11(8-13)6-12(5-10)9-13;/h10-12H,4-9H2,1-3H3;1H2. The lowest BCUT2D eigenvalue weighted by Crippen LogP contribution is -2.51. The Morgan fingerprint density at radius 3 is 1.40 bits per heavy atom. The van der Waals surface area contributed by atoms with Crippen molar-refractivity contribution < 1.29 is 5.48 Å². The Kier molecular flexibility index (Phi) is 2.72. The highest BCUT2D eigenvalue weighted by molar-refractivity contribution is 7.75. The topological polar surface area (TPSA) is 31.5 Å². The van der Waals surface area contributed by atoms with Crippen LogP contribution >= 0.6 is 7.26 Å². The Balaban J connectivity index is 0.000000853. The van der Waals surface area contributed by atoms with Crippen LogP contribution in [0.3, 0.4) is 0 Å². The van der Waals surface area contributed by atoms with Crippen molar-refractivity contribution in [2.75, 3.05) is 20.0 Å². The first-order valence-corrected chi connectivity index (χ1v) is 9.43. The van der Waals surface area contributed by atoms with Crippen molar-refractivity contribution in [3.05, 3.63) is 0 Å². The van der Waals surface area contributed by atoms with Gasteiger partial charge in [0.05, 0.1) is 0 Å². The molecule has 0 spiro atoms. The average molecular weight is 229 g/mol. The van der Waals surface area contributed by atoms with Crippen LogP contribution in [0.1, 0.15) is 38.5 Å². The predicted molar refractivity (Wildman–Crippen MR) is 69.2 cm³/mol. The van der Waals surface area contributed by atoms with E-state index in [0.29, 0.717) is 0 Å². The second kappa shape index (κ2) is 3.44. The Morgan fingerprint density at radius 2 is 1.13 bits per heavy atom. The molecule has 0 atom stereocenters. The number of hydrogen-bond donors (Lipinski definition) is 0. The van der Waals surface area contributed by atoms with E-state index in [4.69, 9.17) is 0 Å². The van der Waals surface area contributed by atoms with Gasteiger partial charge in [-0.1, -0.05) is 0 Å². The molecular formula is C13H26OP. The highest BCUT2D eigenvalue weighted by atomic mass is 31.2. The van der Waals surface area contributed by atoms with Gasteiger partial charge in [0, 0.05) is 0 Å². The molecule has 1 radical (unpaired) electrons. The summed E-state index contributed by atoms with van der Waals surface area (Å²) in [7, 11) is -0.615. The van der Waals surface area contributed by atoms with E-state index in [9.17, 15) is 0 Å². The lowest BCUT2D eigenvalue weighted by atomic mass is 9.56. The summed E-state index contributed by atoms with van der Waals surface area (Å²) in [5.74, 6) is 3.42. The predicted octanol–water partition coefficient (Wildman–Crippen LogP) is 3.04. The minimum Gasteiger partial charge on any atom is -0.412 e. The molecule has 0 unspecified atom stereocenters. The normalized spacial score (nSPS) is 47.8. The van der Waals surface area contributed by atoms with E-state index in [2.05, 4.69) is 20.0 Å². The molecule has 4 aliphatic rings. The highest BCUT2D eigenvalue weighted by Gasteiger charge is 2.54. The summed E-state index contributed by atoms with van der Waals surface area (Å²) in [5, 5.41) is 0.849. The molecule has 0 amide bonds. The van der Waals surface area contributed by atoms with Crippen LogP contribution in [0.15, 0.2) is 0 Å². The zero-order chi connectivity index (χ0) is 9.97. The van der Waals surface area contributed by atoms with Crippen molar-refractivity contribution in [3.8, 4) is 0 Å². The minimum atomic E-state index is -0.615. The van der Waals surface area contributed by atoms with Gasteiger partial charge in [0.25, 0.3) is 0 Å². The monoisotopic (exact) mass is 229 g/mol. The van der Waals surface area contributed by atoms with Crippen LogP contribution in [0.4, 0.5) is 0 Å². The molecule has 15 heavy (non-hydrogen) atoms. The van der Waals surface area contributed by atoms with E-state index in [0.717, 1.165) is 22.9 Å². The van der Waals surface area contributed by atoms with Crippen LogP contribution in [0.25, 0.3) is 0 Å². The SMILES string of the molecule is C[P](C)(C)C12CC3CC(CC(C3)C1)C2.O. The molecule has 0 aromatic carbocycles. The van der Waals surface area contributed by atoms with E-state index in [1.54, 1.807) is 38.5 Å². The van der Waals surface area contributed by atoms with Crippen molar-refractivity contribution >= 4 is 7.26 Å². The molecule has 0 aromatic heterocycles. The minimum absolute atomic E-state index is 0. The van der Waals surface area contributed by atoms with Crippen molar-refractivity contribution in [1.29, 1.82) is 0 Å². The van der Waals surface area contributed by atoms with Gasteiger partial charge in [-0.15, -0.1) is 7.26 Å². The smallest absolute Gasteiger partial charge is 0.0127 e. The molecule has 4 bridgehead atoms.